The quantitative estimate of drug-likeness (QED) is 0.610. The number of nitrogens with one attached hydrogen (secondary N) is 1. The maximum atomic E-state index is 13.7. The summed E-state index contributed by atoms with van der Waals surface area (Å²) in [6.07, 6.45) is 0. The zero-order valence-electron chi connectivity index (χ0n) is 16.4. The van der Waals surface area contributed by atoms with Gasteiger partial charge in [-0.2, -0.15) is 0 Å². The second-order valence-electron chi connectivity index (χ2n) is 6.75. The van der Waals surface area contributed by atoms with Gasteiger partial charge in [-0.3, -0.25) is 14.4 Å². The van der Waals surface area contributed by atoms with Crippen molar-refractivity contribution in [1.29, 1.82) is 0 Å². The van der Waals surface area contributed by atoms with Crippen molar-refractivity contribution in [1.82, 2.24) is 10.2 Å². The number of halogens is 1. The first-order valence-corrected chi connectivity index (χ1v) is 9.34. The largest absolute Gasteiger partial charge is 0.454 e. The lowest BCUT2D eigenvalue weighted by Gasteiger charge is -2.17. The molecular weight excluding hydrogens is 387 g/mol. The van der Waals surface area contributed by atoms with Crippen LogP contribution in [0.5, 0.6) is 0 Å². The minimum Gasteiger partial charge on any atom is -0.454 e. The number of ether oxygens (including phenoxy) is 1. The van der Waals surface area contributed by atoms with Gasteiger partial charge in [0.15, 0.2) is 6.61 Å². The molecule has 30 heavy (non-hydrogen) atoms. The summed E-state index contributed by atoms with van der Waals surface area (Å²) in [5.41, 5.74) is 0.782. The number of benzene rings is 3. The second-order valence-corrected chi connectivity index (χ2v) is 6.75. The minimum absolute atomic E-state index is 0.0573. The lowest BCUT2D eigenvalue weighted by molar-refractivity contribution is -0.150. The first kappa shape index (κ1) is 21.0. The number of hydrogen-bond donors (Lipinski definition) is 1. The third-order valence-electron chi connectivity index (χ3n) is 4.55. The highest BCUT2D eigenvalue weighted by atomic mass is 19.1. The van der Waals surface area contributed by atoms with E-state index in [-0.39, 0.29) is 13.1 Å². The molecule has 0 aliphatic rings. The molecule has 0 spiro atoms. The van der Waals surface area contributed by atoms with Crippen molar-refractivity contribution in [2.75, 3.05) is 20.2 Å². The molecule has 0 fully saturated rings. The van der Waals surface area contributed by atoms with E-state index >= 15 is 0 Å². The molecule has 0 aromatic heterocycles. The number of amides is 2. The van der Waals surface area contributed by atoms with Gasteiger partial charge in [0.1, 0.15) is 12.4 Å². The van der Waals surface area contributed by atoms with Crippen LogP contribution in [0.1, 0.15) is 15.9 Å². The van der Waals surface area contributed by atoms with Crippen molar-refractivity contribution in [2.45, 2.75) is 6.54 Å². The summed E-state index contributed by atoms with van der Waals surface area (Å²) in [5.74, 6) is -2.05. The first-order valence-electron chi connectivity index (χ1n) is 9.34. The predicted molar refractivity (Wildman–Crippen MR) is 110 cm³/mol. The van der Waals surface area contributed by atoms with Crippen LogP contribution in [0.25, 0.3) is 10.8 Å². The van der Waals surface area contributed by atoms with Gasteiger partial charge >= 0.3 is 5.97 Å². The maximum Gasteiger partial charge on any atom is 0.325 e. The molecule has 3 aromatic rings. The number of nitrogens with zero attached hydrogens (tertiary/aromatic N) is 1. The Morgan fingerprint density at radius 1 is 0.967 bits per heavy atom. The summed E-state index contributed by atoms with van der Waals surface area (Å²) >= 11 is 0. The average molecular weight is 408 g/mol. The SMILES string of the molecule is CN(Cc1ccccc1F)C(=O)COC(=O)CNC(=O)c1ccc2ccccc2c1. The third kappa shape index (κ3) is 5.41. The Bertz CT molecular complexity index is 1080. The van der Waals surface area contributed by atoms with Gasteiger partial charge in [0, 0.05) is 24.7 Å². The van der Waals surface area contributed by atoms with E-state index in [4.69, 9.17) is 4.74 Å². The minimum atomic E-state index is -0.739. The highest BCUT2D eigenvalue weighted by molar-refractivity contribution is 5.99. The van der Waals surface area contributed by atoms with E-state index in [1.807, 2.05) is 30.3 Å². The summed E-state index contributed by atoms with van der Waals surface area (Å²) < 4.78 is 18.6. The molecule has 154 valence electrons. The number of rotatable bonds is 7. The van der Waals surface area contributed by atoms with E-state index in [0.717, 1.165) is 10.8 Å². The summed E-state index contributed by atoms with van der Waals surface area (Å²) in [5, 5.41) is 4.39. The van der Waals surface area contributed by atoms with Crippen molar-refractivity contribution in [3.05, 3.63) is 83.7 Å². The Balaban J connectivity index is 1.45. The van der Waals surface area contributed by atoms with Crippen LogP contribution in [0, 0.1) is 5.82 Å². The summed E-state index contributed by atoms with van der Waals surface area (Å²) in [4.78, 5) is 37.5. The molecule has 0 unspecified atom stereocenters. The number of esters is 1. The van der Waals surface area contributed by atoms with Gasteiger partial charge in [-0.25, -0.2) is 4.39 Å². The number of hydrogen-bond acceptors (Lipinski definition) is 4. The van der Waals surface area contributed by atoms with Gasteiger partial charge < -0.3 is 15.0 Å². The Labute approximate surface area is 173 Å². The summed E-state index contributed by atoms with van der Waals surface area (Å²) in [6.45, 7) is -0.798. The van der Waals surface area contributed by atoms with Crippen molar-refractivity contribution in [3.8, 4) is 0 Å². The Hall–Kier alpha value is -3.74. The molecule has 0 heterocycles. The molecule has 6 nitrogen and oxygen atoms in total. The molecular formula is C23H21FN2O4. The van der Waals surface area contributed by atoms with Crippen molar-refractivity contribution >= 4 is 28.6 Å². The van der Waals surface area contributed by atoms with E-state index in [1.165, 1.54) is 18.0 Å². The van der Waals surface area contributed by atoms with Gasteiger partial charge in [0.2, 0.25) is 0 Å². The van der Waals surface area contributed by atoms with Crippen molar-refractivity contribution in [2.24, 2.45) is 0 Å². The van der Waals surface area contributed by atoms with Crippen LogP contribution >= 0.6 is 0 Å². The van der Waals surface area contributed by atoms with Gasteiger partial charge in [-0.15, -0.1) is 0 Å². The first-order chi connectivity index (χ1) is 14.4. The molecule has 7 heteroatoms. The van der Waals surface area contributed by atoms with Gasteiger partial charge in [0.25, 0.3) is 11.8 Å². The third-order valence-corrected chi connectivity index (χ3v) is 4.55. The van der Waals surface area contributed by atoms with E-state index in [2.05, 4.69) is 5.32 Å². The Morgan fingerprint density at radius 2 is 1.67 bits per heavy atom. The number of fused-ring (bicyclic) bond motifs is 1. The molecule has 0 radical (unpaired) electrons. The zero-order valence-corrected chi connectivity index (χ0v) is 16.4. The van der Waals surface area contributed by atoms with Crippen molar-refractivity contribution < 1.29 is 23.5 Å². The van der Waals surface area contributed by atoms with E-state index in [0.29, 0.717) is 11.1 Å². The van der Waals surface area contributed by atoms with E-state index in [9.17, 15) is 18.8 Å². The number of carbonyl (C=O) groups excluding carboxylic acids is 3. The van der Waals surface area contributed by atoms with Crippen molar-refractivity contribution in [3.63, 3.8) is 0 Å². The summed E-state index contributed by atoms with van der Waals surface area (Å²) in [6, 6.07) is 19.0. The van der Waals surface area contributed by atoms with Gasteiger partial charge in [-0.05, 0) is 29.0 Å². The zero-order chi connectivity index (χ0) is 21.5. The molecule has 3 rings (SSSR count). The fourth-order valence-electron chi connectivity index (χ4n) is 2.86. The highest BCUT2D eigenvalue weighted by Crippen LogP contribution is 2.15. The molecule has 1 N–H and O–H groups in total. The Kier molecular flexibility index (Phi) is 6.75. The maximum absolute atomic E-state index is 13.7. The smallest absolute Gasteiger partial charge is 0.325 e. The normalized spacial score (nSPS) is 10.5. The Morgan fingerprint density at radius 3 is 2.43 bits per heavy atom. The lowest BCUT2D eigenvalue weighted by Crippen LogP contribution is -2.34. The van der Waals surface area contributed by atoms with Crippen LogP contribution < -0.4 is 5.32 Å². The van der Waals surface area contributed by atoms with Crippen LogP contribution in [0.15, 0.2) is 66.7 Å². The summed E-state index contributed by atoms with van der Waals surface area (Å²) in [7, 11) is 1.49. The van der Waals surface area contributed by atoms with Gasteiger partial charge in [-0.1, -0.05) is 48.5 Å². The van der Waals surface area contributed by atoms with Crippen LogP contribution in [-0.4, -0.2) is 42.9 Å². The molecule has 0 bridgehead atoms. The van der Waals surface area contributed by atoms with Crippen LogP contribution in [0.3, 0.4) is 0 Å². The topological polar surface area (TPSA) is 75.7 Å². The molecule has 0 aliphatic carbocycles. The molecule has 0 atom stereocenters. The standard InChI is InChI=1S/C23H21FN2O4/c1-26(14-19-8-4-5-9-20(19)24)21(27)15-30-22(28)13-25-23(29)18-11-10-16-6-2-3-7-17(16)12-18/h2-12H,13-15H2,1H3,(H,25,29). The van der Waals surface area contributed by atoms with Crippen LogP contribution in [0.4, 0.5) is 4.39 Å². The fourth-order valence-corrected chi connectivity index (χ4v) is 2.86. The number of likely N-dealkylation sites (N-methyl/N-ethyl adjacent to an activating group) is 1. The molecule has 0 saturated heterocycles. The lowest BCUT2D eigenvalue weighted by atomic mass is 10.1. The fraction of sp³-hybridized carbons (Fsp3) is 0.174. The van der Waals surface area contributed by atoms with E-state index in [1.54, 1.807) is 30.3 Å². The molecule has 3 aromatic carbocycles. The van der Waals surface area contributed by atoms with E-state index < -0.39 is 30.2 Å². The molecule has 2 amide bonds. The van der Waals surface area contributed by atoms with Gasteiger partial charge in [0.05, 0.1) is 0 Å². The monoisotopic (exact) mass is 408 g/mol. The van der Waals surface area contributed by atoms with Crippen LogP contribution in [-0.2, 0) is 20.9 Å². The highest BCUT2D eigenvalue weighted by Gasteiger charge is 2.15. The van der Waals surface area contributed by atoms with Crippen LogP contribution in [0.2, 0.25) is 0 Å². The predicted octanol–water partition coefficient (Wildman–Crippen LogP) is 2.91. The molecule has 0 saturated carbocycles. The average Bonchev–Trinajstić information content (AvgIpc) is 2.76. The number of carbonyl (C=O) groups is 3. The molecule has 0 aliphatic heterocycles. The second kappa shape index (κ2) is 9.65.